The van der Waals surface area contributed by atoms with E-state index in [0.29, 0.717) is 12.1 Å². The third-order valence-corrected chi connectivity index (χ3v) is 3.53. The minimum Gasteiger partial charge on any atom is -0.381 e. The molecule has 4 heteroatoms. The molecule has 112 valence electrons. The maximum Gasteiger partial charge on any atom is 0.129 e. The van der Waals surface area contributed by atoms with Gasteiger partial charge in [0.15, 0.2) is 0 Å². The van der Waals surface area contributed by atoms with E-state index in [-0.39, 0.29) is 18.0 Å². The highest BCUT2D eigenvalue weighted by Crippen LogP contribution is 2.24. The molecule has 1 unspecified atom stereocenters. The van der Waals surface area contributed by atoms with Crippen molar-refractivity contribution in [2.24, 2.45) is 0 Å². The van der Waals surface area contributed by atoms with Crippen molar-refractivity contribution in [1.29, 1.82) is 0 Å². The van der Waals surface area contributed by atoms with Crippen LogP contribution in [0, 0.1) is 5.82 Å². The van der Waals surface area contributed by atoms with E-state index in [1.54, 1.807) is 6.07 Å². The monoisotopic (exact) mass is 281 g/mol. The topological polar surface area (TPSA) is 30.5 Å². The maximum absolute atomic E-state index is 14.0. The van der Waals surface area contributed by atoms with Gasteiger partial charge in [-0.1, -0.05) is 25.1 Å². The Morgan fingerprint density at radius 2 is 2.10 bits per heavy atom. The third kappa shape index (κ3) is 4.54. The second-order valence-electron chi connectivity index (χ2n) is 5.16. The predicted octanol–water partition coefficient (Wildman–Crippen LogP) is 3.06. The molecule has 1 atom stereocenters. The molecule has 0 amide bonds. The summed E-state index contributed by atoms with van der Waals surface area (Å²) in [6.07, 6.45) is 2.77. The van der Waals surface area contributed by atoms with Crippen molar-refractivity contribution in [2.75, 3.05) is 26.3 Å². The number of ether oxygens (including phenoxy) is 2. The van der Waals surface area contributed by atoms with Crippen LogP contribution in [0.1, 0.15) is 37.9 Å². The summed E-state index contributed by atoms with van der Waals surface area (Å²) in [7, 11) is 0. The summed E-state index contributed by atoms with van der Waals surface area (Å²) in [6, 6.07) is 6.88. The molecule has 1 aliphatic heterocycles. The van der Waals surface area contributed by atoms with Crippen LogP contribution in [-0.4, -0.2) is 32.4 Å². The Labute approximate surface area is 120 Å². The molecule has 1 aromatic carbocycles. The van der Waals surface area contributed by atoms with Gasteiger partial charge in [-0.3, -0.25) is 0 Å². The lowest BCUT2D eigenvalue weighted by Crippen LogP contribution is -2.31. The zero-order chi connectivity index (χ0) is 14.2. The molecule has 1 fully saturated rings. The zero-order valence-electron chi connectivity index (χ0n) is 12.1. The Hall–Kier alpha value is -0.970. The van der Waals surface area contributed by atoms with Gasteiger partial charge in [0.2, 0.25) is 0 Å². The fourth-order valence-corrected chi connectivity index (χ4v) is 2.42. The van der Waals surface area contributed by atoms with E-state index in [1.165, 1.54) is 6.07 Å². The first kappa shape index (κ1) is 15.4. The quantitative estimate of drug-likeness (QED) is 0.779. The molecular weight excluding hydrogens is 257 g/mol. The number of hydrogen-bond acceptors (Lipinski definition) is 3. The molecule has 0 bridgehead atoms. The molecule has 0 aliphatic carbocycles. The van der Waals surface area contributed by atoms with E-state index < -0.39 is 0 Å². The van der Waals surface area contributed by atoms with Crippen LogP contribution in [0.2, 0.25) is 0 Å². The lowest BCUT2D eigenvalue weighted by atomic mass is 10.1. The van der Waals surface area contributed by atoms with Crippen molar-refractivity contribution in [3.63, 3.8) is 0 Å². The van der Waals surface area contributed by atoms with Crippen LogP contribution in [0.4, 0.5) is 4.39 Å². The molecule has 0 aromatic heterocycles. The average molecular weight is 281 g/mol. The van der Waals surface area contributed by atoms with Crippen LogP contribution in [0.15, 0.2) is 24.3 Å². The minimum absolute atomic E-state index is 0.164. The Bertz CT molecular complexity index is 394. The highest BCUT2D eigenvalue weighted by molar-refractivity contribution is 5.20. The molecule has 1 heterocycles. The molecule has 1 N–H and O–H groups in total. The number of nitrogens with one attached hydrogen (secondary N) is 1. The van der Waals surface area contributed by atoms with E-state index in [2.05, 4.69) is 12.2 Å². The standard InChI is InChI=1S/C16H24FNO2/c1-2-9-18-12-16(14-5-3-4-6-15(14)17)20-13-7-10-19-11-8-13/h3-6,13,16,18H,2,7-12H2,1H3. The van der Waals surface area contributed by atoms with Crippen molar-refractivity contribution in [1.82, 2.24) is 5.32 Å². The van der Waals surface area contributed by atoms with Crippen LogP contribution in [0.5, 0.6) is 0 Å². The highest BCUT2D eigenvalue weighted by Gasteiger charge is 2.22. The summed E-state index contributed by atoms with van der Waals surface area (Å²) in [5.41, 5.74) is 0.641. The number of rotatable bonds is 7. The van der Waals surface area contributed by atoms with Crippen LogP contribution < -0.4 is 5.32 Å². The van der Waals surface area contributed by atoms with Gasteiger partial charge in [-0.05, 0) is 31.9 Å². The molecule has 2 rings (SSSR count). The Morgan fingerprint density at radius 1 is 1.35 bits per heavy atom. The number of halogens is 1. The molecule has 0 saturated carbocycles. The Kier molecular flexibility index (Phi) is 6.43. The maximum atomic E-state index is 14.0. The van der Waals surface area contributed by atoms with E-state index in [9.17, 15) is 4.39 Å². The van der Waals surface area contributed by atoms with Gasteiger partial charge in [0, 0.05) is 25.3 Å². The summed E-state index contributed by atoms with van der Waals surface area (Å²) in [4.78, 5) is 0. The van der Waals surface area contributed by atoms with Crippen LogP contribution in [0.3, 0.4) is 0 Å². The second kappa shape index (κ2) is 8.35. The van der Waals surface area contributed by atoms with Crippen molar-refractivity contribution in [2.45, 2.75) is 38.4 Å². The van der Waals surface area contributed by atoms with Gasteiger partial charge in [0.05, 0.1) is 12.2 Å². The van der Waals surface area contributed by atoms with Gasteiger partial charge in [-0.15, -0.1) is 0 Å². The van der Waals surface area contributed by atoms with Gasteiger partial charge in [-0.25, -0.2) is 4.39 Å². The van der Waals surface area contributed by atoms with Gasteiger partial charge in [0.25, 0.3) is 0 Å². The van der Waals surface area contributed by atoms with E-state index in [0.717, 1.165) is 39.0 Å². The summed E-state index contributed by atoms with van der Waals surface area (Å²) >= 11 is 0. The second-order valence-corrected chi connectivity index (χ2v) is 5.16. The van der Waals surface area contributed by atoms with Crippen LogP contribution in [-0.2, 0) is 9.47 Å². The predicted molar refractivity (Wildman–Crippen MR) is 77.2 cm³/mol. The van der Waals surface area contributed by atoms with Crippen LogP contribution >= 0.6 is 0 Å². The molecule has 3 nitrogen and oxygen atoms in total. The SMILES string of the molecule is CCCNCC(OC1CCOCC1)c1ccccc1F. The Morgan fingerprint density at radius 3 is 2.80 bits per heavy atom. The molecule has 1 saturated heterocycles. The smallest absolute Gasteiger partial charge is 0.129 e. The van der Waals surface area contributed by atoms with Gasteiger partial charge >= 0.3 is 0 Å². The van der Waals surface area contributed by atoms with Crippen molar-refractivity contribution < 1.29 is 13.9 Å². The third-order valence-electron chi connectivity index (χ3n) is 3.53. The van der Waals surface area contributed by atoms with Gasteiger partial charge in [0.1, 0.15) is 5.82 Å². The van der Waals surface area contributed by atoms with E-state index >= 15 is 0 Å². The van der Waals surface area contributed by atoms with E-state index in [1.807, 2.05) is 12.1 Å². The fraction of sp³-hybridized carbons (Fsp3) is 0.625. The normalized spacial score (nSPS) is 18.1. The fourth-order valence-electron chi connectivity index (χ4n) is 2.42. The van der Waals surface area contributed by atoms with Gasteiger partial charge < -0.3 is 14.8 Å². The van der Waals surface area contributed by atoms with E-state index in [4.69, 9.17) is 9.47 Å². The number of benzene rings is 1. The Balaban J connectivity index is 2.01. The molecule has 20 heavy (non-hydrogen) atoms. The van der Waals surface area contributed by atoms with Crippen molar-refractivity contribution in [3.8, 4) is 0 Å². The van der Waals surface area contributed by atoms with Crippen molar-refractivity contribution in [3.05, 3.63) is 35.6 Å². The molecular formula is C16H24FNO2. The lowest BCUT2D eigenvalue weighted by molar-refractivity contribution is -0.0697. The minimum atomic E-state index is -0.231. The summed E-state index contributed by atoms with van der Waals surface area (Å²) in [6.45, 7) is 5.15. The summed E-state index contributed by atoms with van der Waals surface area (Å²) in [5.74, 6) is -0.192. The lowest BCUT2D eigenvalue weighted by Gasteiger charge is -2.28. The highest BCUT2D eigenvalue weighted by atomic mass is 19.1. The first-order valence-electron chi connectivity index (χ1n) is 7.49. The van der Waals surface area contributed by atoms with Gasteiger partial charge in [-0.2, -0.15) is 0 Å². The first-order valence-corrected chi connectivity index (χ1v) is 7.49. The zero-order valence-corrected chi connectivity index (χ0v) is 12.1. The molecule has 0 radical (unpaired) electrons. The molecule has 0 spiro atoms. The molecule has 1 aromatic rings. The van der Waals surface area contributed by atoms with Crippen molar-refractivity contribution >= 4 is 0 Å². The largest absolute Gasteiger partial charge is 0.381 e. The molecule has 1 aliphatic rings. The first-order chi connectivity index (χ1) is 9.81. The summed E-state index contributed by atoms with van der Waals surface area (Å²) < 4.78 is 25.4. The number of hydrogen-bond donors (Lipinski definition) is 1. The van der Waals surface area contributed by atoms with Crippen LogP contribution in [0.25, 0.3) is 0 Å². The average Bonchev–Trinajstić information content (AvgIpc) is 2.48. The summed E-state index contributed by atoms with van der Waals surface area (Å²) in [5, 5.41) is 3.33.